The molecule has 1 aromatic carbocycles. The highest BCUT2D eigenvalue weighted by molar-refractivity contribution is 7.53. The second kappa shape index (κ2) is 9.44. The van der Waals surface area contributed by atoms with Gasteiger partial charge in [0.05, 0.1) is 18.8 Å². The highest BCUT2D eigenvalue weighted by Gasteiger charge is 2.35. The zero-order valence-electron chi connectivity index (χ0n) is 13.9. The van der Waals surface area contributed by atoms with Crippen molar-refractivity contribution >= 4 is 23.4 Å². The lowest BCUT2D eigenvalue weighted by Gasteiger charge is -2.21. The van der Waals surface area contributed by atoms with Gasteiger partial charge >= 0.3 is 13.7 Å². The van der Waals surface area contributed by atoms with Crippen LogP contribution < -0.4 is 9.28 Å². The smallest absolute Gasteiger partial charge is 0.452 e. The lowest BCUT2D eigenvalue weighted by Crippen LogP contribution is -2.28. The third-order valence-electron chi connectivity index (χ3n) is 2.74. The molecule has 0 saturated carbocycles. The predicted molar refractivity (Wildman–Crippen MR) is 81.0 cm³/mol. The standard InChI is InChI=1S/C13H15F5NO5PSi/c1-4-22-13(20)6(3)26-19-25(21,23-5-2)24-12-10(17)8(15)7(14)9(16)11(12)18/h6H,4-5H2,1-3H3,(H,19,21)/t6-,25?/m0/s1. The summed E-state index contributed by atoms with van der Waals surface area (Å²) in [5.74, 6) is -13.9. The molecule has 0 aliphatic carbocycles. The van der Waals surface area contributed by atoms with Crippen molar-refractivity contribution in [1.82, 2.24) is 4.75 Å². The van der Waals surface area contributed by atoms with E-state index in [-0.39, 0.29) is 13.2 Å². The van der Waals surface area contributed by atoms with Gasteiger partial charge in [-0.05, 0) is 13.8 Å². The van der Waals surface area contributed by atoms with Crippen LogP contribution >= 0.6 is 7.75 Å². The van der Waals surface area contributed by atoms with Gasteiger partial charge in [0.25, 0.3) is 0 Å². The van der Waals surface area contributed by atoms with Crippen molar-refractivity contribution in [2.45, 2.75) is 26.3 Å². The first-order valence-electron chi connectivity index (χ1n) is 7.22. The van der Waals surface area contributed by atoms with E-state index >= 15 is 0 Å². The van der Waals surface area contributed by atoms with Gasteiger partial charge in [-0.15, -0.1) is 0 Å². The highest BCUT2D eigenvalue weighted by Crippen LogP contribution is 2.46. The van der Waals surface area contributed by atoms with Gasteiger partial charge in [-0.3, -0.25) is 9.32 Å². The molecule has 2 atom stereocenters. The van der Waals surface area contributed by atoms with E-state index in [0.717, 1.165) is 0 Å². The molecule has 1 rings (SSSR count). The minimum absolute atomic E-state index is 0.0951. The van der Waals surface area contributed by atoms with Crippen LogP contribution in [-0.4, -0.2) is 28.9 Å². The van der Waals surface area contributed by atoms with Crippen LogP contribution in [0, 0.1) is 29.1 Å². The molecule has 0 fully saturated rings. The van der Waals surface area contributed by atoms with Crippen LogP contribution in [0.25, 0.3) is 0 Å². The SMILES string of the molecule is CCOC(=O)[C@H](C)[Si]NP(=O)(OCC)Oc1c(F)c(F)c(F)c(F)c1F. The molecule has 1 unspecified atom stereocenters. The molecule has 6 nitrogen and oxygen atoms in total. The number of rotatable bonds is 9. The zero-order chi connectivity index (χ0) is 20.1. The van der Waals surface area contributed by atoms with Crippen molar-refractivity contribution < 1.29 is 45.1 Å². The fourth-order valence-corrected chi connectivity index (χ4v) is 4.38. The molecule has 1 N–H and O–H groups in total. The Balaban J connectivity index is 3.08. The topological polar surface area (TPSA) is 73.9 Å². The van der Waals surface area contributed by atoms with Crippen LogP contribution in [0.5, 0.6) is 5.75 Å². The summed E-state index contributed by atoms with van der Waals surface area (Å²) in [6.07, 6.45) is 0. The number of hydrogen-bond donors (Lipinski definition) is 1. The van der Waals surface area contributed by atoms with E-state index in [1.54, 1.807) is 6.92 Å². The molecule has 0 saturated heterocycles. The second-order valence-corrected chi connectivity index (χ2v) is 8.12. The van der Waals surface area contributed by atoms with Crippen LogP contribution in [-0.2, 0) is 18.6 Å². The molecule has 1 aromatic rings. The molecular weight excluding hydrogens is 404 g/mol. The minimum Gasteiger partial charge on any atom is -0.466 e. The second-order valence-electron chi connectivity index (χ2n) is 4.64. The fourth-order valence-electron chi connectivity index (χ4n) is 1.54. The van der Waals surface area contributed by atoms with Gasteiger partial charge in [0.2, 0.25) is 34.8 Å². The van der Waals surface area contributed by atoms with Gasteiger partial charge in [-0.2, -0.15) is 8.78 Å². The Hall–Kier alpha value is -1.49. The van der Waals surface area contributed by atoms with E-state index in [9.17, 15) is 31.3 Å². The number of esters is 1. The molecule has 0 aliphatic heterocycles. The van der Waals surface area contributed by atoms with Crippen molar-refractivity contribution in [3.8, 4) is 5.75 Å². The minimum atomic E-state index is -4.54. The molecule has 0 amide bonds. The summed E-state index contributed by atoms with van der Waals surface area (Å²) in [4.78, 5) is 11.5. The Bertz CT molecular complexity index is 694. The lowest BCUT2D eigenvalue weighted by molar-refractivity contribution is -0.142. The molecule has 2 radical (unpaired) electrons. The van der Waals surface area contributed by atoms with Crippen molar-refractivity contribution in [3.63, 3.8) is 0 Å². The van der Waals surface area contributed by atoms with Crippen LogP contribution in [0.1, 0.15) is 20.8 Å². The quantitative estimate of drug-likeness (QED) is 0.165. The Morgan fingerprint density at radius 3 is 2.00 bits per heavy atom. The molecule has 0 aliphatic rings. The average molecular weight is 419 g/mol. The lowest BCUT2D eigenvalue weighted by atomic mass is 10.3. The van der Waals surface area contributed by atoms with E-state index < -0.39 is 63.8 Å². The van der Waals surface area contributed by atoms with Gasteiger partial charge in [-0.25, -0.2) is 22.5 Å². The molecular formula is C13H15F5NO5PSi. The van der Waals surface area contributed by atoms with Gasteiger partial charge in [0.15, 0.2) is 9.68 Å². The van der Waals surface area contributed by atoms with Crippen molar-refractivity contribution in [2.75, 3.05) is 13.2 Å². The Morgan fingerprint density at radius 1 is 1.04 bits per heavy atom. The molecule has 13 heteroatoms. The van der Waals surface area contributed by atoms with Gasteiger partial charge in [0, 0.05) is 0 Å². The Morgan fingerprint density at radius 2 is 1.54 bits per heavy atom. The van der Waals surface area contributed by atoms with E-state index in [1.165, 1.54) is 13.8 Å². The van der Waals surface area contributed by atoms with Crippen LogP contribution in [0.4, 0.5) is 22.0 Å². The fraction of sp³-hybridized carbons (Fsp3) is 0.462. The van der Waals surface area contributed by atoms with Crippen LogP contribution in [0.15, 0.2) is 0 Å². The number of hydrogen-bond acceptors (Lipinski definition) is 5. The normalized spacial score (nSPS) is 14.6. The zero-order valence-corrected chi connectivity index (χ0v) is 15.8. The first-order valence-corrected chi connectivity index (χ1v) is 9.84. The Labute approximate surface area is 148 Å². The third kappa shape index (κ3) is 5.26. The molecule has 0 bridgehead atoms. The first kappa shape index (κ1) is 22.5. The molecule has 0 heterocycles. The maximum Gasteiger partial charge on any atom is 0.452 e. The van der Waals surface area contributed by atoms with E-state index in [4.69, 9.17) is 9.26 Å². The summed E-state index contributed by atoms with van der Waals surface area (Å²) >= 11 is 0. The molecule has 26 heavy (non-hydrogen) atoms. The number of carbonyl (C=O) groups excluding carboxylic acids is 1. The molecule has 0 aromatic heterocycles. The Kier molecular flexibility index (Phi) is 8.19. The first-order chi connectivity index (χ1) is 12.1. The number of carbonyl (C=O) groups is 1. The summed E-state index contributed by atoms with van der Waals surface area (Å²) in [6, 6.07) is 0. The summed E-state index contributed by atoms with van der Waals surface area (Å²) < 4.78 is 95.5. The monoisotopic (exact) mass is 419 g/mol. The van der Waals surface area contributed by atoms with Crippen LogP contribution in [0.3, 0.4) is 0 Å². The average Bonchev–Trinajstić information content (AvgIpc) is 2.60. The third-order valence-corrected chi connectivity index (χ3v) is 6.04. The maximum absolute atomic E-state index is 13.7. The van der Waals surface area contributed by atoms with E-state index in [0.29, 0.717) is 0 Å². The van der Waals surface area contributed by atoms with Gasteiger partial charge in [0.1, 0.15) is 0 Å². The van der Waals surface area contributed by atoms with E-state index in [1.807, 2.05) is 0 Å². The highest BCUT2D eigenvalue weighted by atomic mass is 31.2. The van der Waals surface area contributed by atoms with E-state index in [2.05, 4.69) is 9.28 Å². The number of benzene rings is 1. The summed E-state index contributed by atoms with van der Waals surface area (Å²) in [5.41, 5.74) is -0.830. The largest absolute Gasteiger partial charge is 0.466 e. The molecule has 146 valence electrons. The number of ether oxygens (including phenoxy) is 1. The predicted octanol–water partition coefficient (Wildman–Crippen LogP) is 3.49. The van der Waals surface area contributed by atoms with Crippen LogP contribution in [0.2, 0.25) is 5.54 Å². The molecule has 0 spiro atoms. The van der Waals surface area contributed by atoms with Gasteiger partial charge < -0.3 is 9.26 Å². The van der Waals surface area contributed by atoms with Gasteiger partial charge in [-0.1, -0.05) is 6.92 Å². The van der Waals surface area contributed by atoms with Crippen molar-refractivity contribution in [1.29, 1.82) is 0 Å². The summed E-state index contributed by atoms with van der Waals surface area (Å²) in [5, 5.41) is 0. The summed E-state index contributed by atoms with van der Waals surface area (Å²) in [6.45, 7) is 4.14. The number of nitrogens with one attached hydrogen (secondary N) is 1. The van der Waals surface area contributed by atoms with Crippen molar-refractivity contribution in [2.24, 2.45) is 0 Å². The van der Waals surface area contributed by atoms with Crippen molar-refractivity contribution in [3.05, 3.63) is 29.1 Å². The maximum atomic E-state index is 13.7. The summed E-state index contributed by atoms with van der Waals surface area (Å²) in [7, 11) is -5.19. The number of halogens is 5.